The van der Waals surface area contributed by atoms with Gasteiger partial charge < -0.3 is 35.0 Å². The summed E-state index contributed by atoms with van der Waals surface area (Å²) in [6.45, 7) is 3.62. The third-order valence-corrected chi connectivity index (χ3v) is 10.8. The normalized spacial score (nSPS) is 49.5. The van der Waals surface area contributed by atoms with Crippen LogP contribution in [-0.2, 0) is 23.9 Å². The molecule has 0 bridgehead atoms. The van der Waals surface area contributed by atoms with E-state index in [-0.39, 0.29) is 23.5 Å². The van der Waals surface area contributed by atoms with Gasteiger partial charge in [-0.25, -0.2) is 4.79 Å². The minimum atomic E-state index is -1.85. The van der Waals surface area contributed by atoms with E-state index in [0.29, 0.717) is 31.1 Å². The Morgan fingerprint density at radius 3 is 2.41 bits per heavy atom. The summed E-state index contributed by atoms with van der Waals surface area (Å²) >= 11 is 0. The van der Waals surface area contributed by atoms with Crippen molar-refractivity contribution in [3.8, 4) is 0 Å². The van der Waals surface area contributed by atoms with Crippen LogP contribution >= 0.6 is 0 Å². The fourth-order valence-corrected chi connectivity index (χ4v) is 8.50. The molecule has 206 valence electrons. The number of carbonyl (C=O) groups excluding carboxylic acids is 2. The molecular formula is C27H38O10. The maximum atomic E-state index is 13.4. The quantitative estimate of drug-likeness (QED) is 0.347. The molecule has 4 fully saturated rings. The summed E-state index contributed by atoms with van der Waals surface area (Å²) in [6, 6.07) is 0. The summed E-state index contributed by atoms with van der Waals surface area (Å²) in [6.07, 6.45) is -1.37. The van der Waals surface area contributed by atoms with E-state index in [1.807, 2.05) is 13.0 Å². The van der Waals surface area contributed by atoms with Crippen LogP contribution in [-0.4, -0.2) is 86.0 Å². The molecule has 0 radical (unpaired) electrons. The van der Waals surface area contributed by atoms with E-state index in [9.17, 15) is 39.9 Å². The first-order chi connectivity index (χ1) is 17.3. The Morgan fingerprint density at radius 1 is 1.00 bits per heavy atom. The number of hydrogen-bond donors (Lipinski definition) is 5. The third kappa shape index (κ3) is 3.94. The minimum Gasteiger partial charge on any atom is -0.479 e. The Morgan fingerprint density at radius 2 is 1.70 bits per heavy atom. The summed E-state index contributed by atoms with van der Waals surface area (Å²) in [4.78, 5) is 36.8. The highest BCUT2D eigenvalue weighted by Gasteiger charge is 2.66. The molecule has 0 aromatic carbocycles. The number of carboxylic acids is 1. The molecule has 0 aromatic rings. The maximum Gasteiger partial charge on any atom is 0.335 e. The number of ketones is 2. The van der Waals surface area contributed by atoms with Crippen LogP contribution in [0.25, 0.3) is 0 Å². The summed E-state index contributed by atoms with van der Waals surface area (Å²) in [5.74, 6) is -1.02. The van der Waals surface area contributed by atoms with Gasteiger partial charge in [-0.2, -0.15) is 0 Å². The number of Topliss-reactive ketones (excluding diaryl/α,β-unsaturated/α-hetero) is 1. The number of rotatable bonds is 5. The smallest absolute Gasteiger partial charge is 0.335 e. The summed E-state index contributed by atoms with van der Waals surface area (Å²) < 4.78 is 10.5. The van der Waals surface area contributed by atoms with Gasteiger partial charge in [-0.1, -0.05) is 19.4 Å². The molecule has 0 unspecified atom stereocenters. The molecule has 1 aliphatic heterocycles. The number of fused-ring (bicyclic) bond motifs is 5. The van der Waals surface area contributed by atoms with Crippen molar-refractivity contribution in [3.63, 3.8) is 0 Å². The zero-order chi connectivity index (χ0) is 26.9. The van der Waals surface area contributed by atoms with E-state index in [2.05, 4.69) is 6.92 Å². The average molecular weight is 523 g/mol. The molecule has 4 aliphatic carbocycles. The number of aliphatic carboxylic acids is 1. The number of aliphatic hydroxyl groups excluding tert-OH is 3. The van der Waals surface area contributed by atoms with E-state index in [1.54, 1.807) is 0 Å². The molecule has 1 heterocycles. The van der Waals surface area contributed by atoms with E-state index < -0.39 is 60.1 Å². The third-order valence-electron chi connectivity index (χ3n) is 10.8. The molecule has 10 nitrogen and oxygen atoms in total. The second kappa shape index (κ2) is 9.20. The van der Waals surface area contributed by atoms with Crippen LogP contribution in [0.1, 0.15) is 65.2 Å². The van der Waals surface area contributed by atoms with Gasteiger partial charge in [0.2, 0.25) is 0 Å². The van der Waals surface area contributed by atoms with Crippen molar-refractivity contribution in [3.05, 3.63) is 11.6 Å². The maximum absolute atomic E-state index is 13.4. The highest BCUT2D eigenvalue weighted by atomic mass is 16.7. The Bertz CT molecular complexity index is 1010. The molecular weight excluding hydrogens is 484 g/mol. The molecule has 0 aromatic heterocycles. The monoisotopic (exact) mass is 522 g/mol. The van der Waals surface area contributed by atoms with Crippen molar-refractivity contribution in [1.29, 1.82) is 0 Å². The lowest BCUT2D eigenvalue weighted by Crippen LogP contribution is -2.61. The molecule has 10 heteroatoms. The predicted octanol–water partition coefficient (Wildman–Crippen LogP) is 0.727. The zero-order valence-electron chi connectivity index (χ0n) is 21.3. The number of ether oxygens (including phenoxy) is 2. The van der Waals surface area contributed by atoms with Gasteiger partial charge in [-0.3, -0.25) is 9.59 Å². The Hall–Kier alpha value is -1.69. The van der Waals surface area contributed by atoms with Crippen molar-refractivity contribution in [2.75, 3.05) is 6.61 Å². The molecule has 5 aliphatic rings. The first kappa shape index (κ1) is 26.9. The van der Waals surface area contributed by atoms with Gasteiger partial charge in [-0.15, -0.1) is 0 Å². The number of allylic oxidation sites excluding steroid dienone is 1. The Balaban J connectivity index is 1.30. The predicted molar refractivity (Wildman–Crippen MR) is 127 cm³/mol. The van der Waals surface area contributed by atoms with Gasteiger partial charge in [0.1, 0.15) is 30.5 Å². The fourth-order valence-electron chi connectivity index (χ4n) is 8.50. The molecule has 37 heavy (non-hydrogen) atoms. The van der Waals surface area contributed by atoms with Gasteiger partial charge in [0, 0.05) is 11.8 Å². The van der Waals surface area contributed by atoms with Gasteiger partial charge >= 0.3 is 5.97 Å². The van der Waals surface area contributed by atoms with Gasteiger partial charge in [0.05, 0.1) is 0 Å². The van der Waals surface area contributed by atoms with E-state index in [4.69, 9.17) is 9.47 Å². The van der Waals surface area contributed by atoms with Crippen LogP contribution < -0.4 is 0 Å². The highest BCUT2D eigenvalue weighted by Crippen LogP contribution is 2.67. The van der Waals surface area contributed by atoms with Crippen LogP contribution in [0.5, 0.6) is 0 Å². The van der Waals surface area contributed by atoms with E-state index in [1.165, 1.54) is 5.57 Å². The van der Waals surface area contributed by atoms with Crippen molar-refractivity contribution in [2.24, 2.45) is 28.6 Å². The lowest BCUT2D eigenvalue weighted by atomic mass is 9.46. The minimum absolute atomic E-state index is 0.0213. The standard InChI is InChI=1S/C27H38O10/c1-25-8-5-14(28)11-13(25)3-4-15-16(25)6-9-26(2)17(15)7-10-27(26,35)18(29)12-36-24-21(32)19(30)20(31)22(37-24)23(33)34/h11,15-17,19-22,24,30-32,35H,3-10,12H2,1-2H3,(H,33,34)/t15-,16+,17-,19-,20-,21+,22+,24+,25+,26-,27+/m1/s1. The lowest BCUT2D eigenvalue weighted by Gasteiger charge is -2.58. The number of hydrogen-bond acceptors (Lipinski definition) is 9. The van der Waals surface area contributed by atoms with Gasteiger partial charge in [0.25, 0.3) is 0 Å². The molecule has 11 atom stereocenters. The number of carboxylic acid groups (broad SMARTS) is 1. The van der Waals surface area contributed by atoms with Crippen molar-refractivity contribution < 1.29 is 49.4 Å². The van der Waals surface area contributed by atoms with Crippen LogP contribution in [0.2, 0.25) is 0 Å². The number of carbonyl (C=O) groups is 3. The SMILES string of the molecule is C[C@]12CCC(=O)C=C1CC[C@H]1[C@H]3CC[C@](O)(C(=O)CO[C@H]4O[C@H](C(=O)O)[C@H](O)[C@@H](O)[C@@H]4O)[C@]3(C)CC[C@@H]12. The molecule has 5 N–H and O–H groups in total. The van der Waals surface area contributed by atoms with Crippen LogP contribution in [0, 0.1) is 28.6 Å². The summed E-state index contributed by atoms with van der Waals surface area (Å²) in [5, 5.41) is 51.1. The first-order valence-electron chi connectivity index (χ1n) is 13.4. The Kier molecular flexibility index (Phi) is 6.69. The second-order valence-corrected chi connectivity index (χ2v) is 12.3. The highest BCUT2D eigenvalue weighted by molar-refractivity contribution is 5.92. The summed E-state index contributed by atoms with van der Waals surface area (Å²) in [7, 11) is 0. The van der Waals surface area contributed by atoms with Crippen molar-refractivity contribution in [2.45, 2.75) is 102 Å². The van der Waals surface area contributed by atoms with Crippen LogP contribution in [0.15, 0.2) is 11.6 Å². The molecule has 3 saturated carbocycles. The van der Waals surface area contributed by atoms with E-state index in [0.717, 1.165) is 25.7 Å². The van der Waals surface area contributed by atoms with Gasteiger partial charge in [0.15, 0.2) is 24.0 Å². The second-order valence-electron chi connectivity index (χ2n) is 12.3. The van der Waals surface area contributed by atoms with Crippen molar-refractivity contribution >= 4 is 17.5 Å². The van der Waals surface area contributed by atoms with Crippen LogP contribution in [0.3, 0.4) is 0 Å². The largest absolute Gasteiger partial charge is 0.479 e. The summed E-state index contributed by atoms with van der Waals surface area (Å²) in [5.41, 5.74) is -1.08. The molecule has 0 amide bonds. The number of aliphatic hydroxyl groups is 4. The van der Waals surface area contributed by atoms with Gasteiger partial charge in [-0.05, 0) is 74.2 Å². The topological polar surface area (TPSA) is 171 Å². The fraction of sp³-hybridized carbons (Fsp3) is 0.815. The zero-order valence-corrected chi connectivity index (χ0v) is 21.3. The van der Waals surface area contributed by atoms with E-state index >= 15 is 0 Å². The lowest BCUT2D eigenvalue weighted by molar-refractivity contribution is -0.293. The molecule has 0 spiro atoms. The van der Waals surface area contributed by atoms with Crippen LogP contribution in [0.4, 0.5) is 0 Å². The molecule has 1 saturated heterocycles. The molecule has 5 rings (SSSR count). The van der Waals surface area contributed by atoms with Crippen molar-refractivity contribution in [1.82, 2.24) is 0 Å². The average Bonchev–Trinajstić information content (AvgIpc) is 3.14. The first-order valence-corrected chi connectivity index (χ1v) is 13.4. The Labute approximate surface area is 215 Å².